The van der Waals surface area contributed by atoms with Gasteiger partial charge in [0.05, 0.1) is 0 Å². The summed E-state index contributed by atoms with van der Waals surface area (Å²) >= 11 is 0. The van der Waals surface area contributed by atoms with E-state index >= 15 is 0 Å². The number of likely N-dealkylation sites (N-methyl/N-ethyl adjacent to an activating group) is 1. The van der Waals surface area contributed by atoms with Crippen molar-refractivity contribution in [3.63, 3.8) is 0 Å². The lowest BCUT2D eigenvalue weighted by atomic mass is 10.0. The molecule has 2 rings (SSSR count). The molecule has 2 N–H and O–H groups in total. The second-order valence-corrected chi connectivity index (χ2v) is 4.89. The van der Waals surface area contributed by atoms with Crippen molar-refractivity contribution in [2.75, 3.05) is 20.1 Å². The average molecular weight is 234 g/mol. The van der Waals surface area contributed by atoms with Crippen LogP contribution in [0.4, 0.5) is 0 Å². The van der Waals surface area contributed by atoms with Crippen LogP contribution in [0.25, 0.3) is 0 Å². The summed E-state index contributed by atoms with van der Waals surface area (Å²) in [5.74, 6) is 0.386. The lowest BCUT2D eigenvalue weighted by Crippen LogP contribution is -2.42. The minimum atomic E-state index is 0.386. The molecule has 0 aromatic heterocycles. The Balaban J connectivity index is 1.77. The van der Waals surface area contributed by atoms with Crippen molar-refractivity contribution >= 4 is 0 Å². The molecule has 1 atom stereocenters. The largest absolute Gasteiger partial charge is 0.508 e. The molecule has 1 aromatic rings. The standard InChI is InChI=1S/C14H22N2O/c1-16-9-5-4-7-13(16)11-15-10-12-6-2-3-8-14(12)17/h2-3,6,8,13,15,17H,4-5,7,9-11H2,1H3. The minimum absolute atomic E-state index is 0.386. The van der Waals surface area contributed by atoms with Gasteiger partial charge in [0.2, 0.25) is 0 Å². The second kappa shape index (κ2) is 6.03. The summed E-state index contributed by atoms with van der Waals surface area (Å²) in [5.41, 5.74) is 0.978. The van der Waals surface area contributed by atoms with Gasteiger partial charge in [-0.3, -0.25) is 0 Å². The monoisotopic (exact) mass is 234 g/mol. The maximum Gasteiger partial charge on any atom is 0.120 e. The van der Waals surface area contributed by atoms with E-state index < -0.39 is 0 Å². The SMILES string of the molecule is CN1CCCCC1CNCc1ccccc1O. The maximum atomic E-state index is 9.65. The highest BCUT2D eigenvalue weighted by Gasteiger charge is 2.17. The summed E-state index contributed by atoms with van der Waals surface area (Å²) in [6.45, 7) is 2.96. The Morgan fingerprint density at radius 3 is 2.94 bits per heavy atom. The van der Waals surface area contributed by atoms with Crippen LogP contribution in [-0.2, 0) is 6.54 Å². The van der Waals surface area contributed by atoms with Crippen molar-refractivity contribution in [1.29, 1.82) is 0 Å². The average Bonchev–Trinajstić information content (AvgIpc) is 2.34. The molecule has 1 heterocycles. The van der Waals surface area contributed by atoms with Crippen LogP contribution in [0, 0.1) is 0 Å². The van der Waals surface area contributed by atoms with E-state index in [-0.39, 0.29) is 0 Å². The molecule has 1 unspecified atom stereocenters. The van der Waals surface area contributed by atoms with E-state index in [0.717, 1.165) is 18.7 Å². The predicted octanol–water partition coefficient (Wildman–Crippen LogP) is 1.97. The summed E-state index contributed by atoms with van der Waals surface area (Å²) in [7, 11) is 2.20. The van der Waals surface area contributed by atoms with Crippen LogP contribution < -0.4 is 5.32 Å². The molecule has 1 aliphatic rings. The summed E-state index contributed by atoms with van der Waals surface area (Å²) < 4.78 is 0. The van der Waals surface area contributed by atoms with Crippen molar-refractivity contribution in [3.8, 4) is 5.75 Å². The van der Waals surface area contributed by atoms with Crippen molar-refractivity contribution in [3.05, 3.63) is 29.8 Å². The van der Waals surface area contributed by atoms with Gasteiger partial charge in [-0.05, 0) is 32.5 Å². The first-order chi connectivity index (χ1) is 8.27. The van der Waals surface area contributed by atoms with Crippen LogP contribution in [-0.4, -0.2) is 36.2 Å². The highest BCUT2D eigenvalue weighted by Crippen LogP contribution is 2.16. The lowest BCUT2D eigenvalue weighted by molar-refractivity contribution is 0.181. The van der Waals surface area contributed by atoms with Gasteiger partial charge in [-0.25, -0.2) is 0 Å². The highest BCUT2D eigenvalue weighted by atomic mass is 16.3. The fraction of sp³-hybridized carbons (Fsp3) is 0.571. The first-order valence-electron chi connectivity index (χ1n) is 6.45. The quantitative estimate of drug-likeness (QED) is 0.836. The first kappa shape index (κ1) is 12.4. The lowest BCUT2D eigenvalue weighted by Gasteiger charge is -2.32. The van der Waals surface area contributed by atoms with Gasteiger partial charge < -0.3 is 15.3 Å². The van der Waals surface area contributed by atoms with Gasteiger partial charge in [-0.1, -0.05) is 24.6 Å². The summed E-state index contributed by atoms with van der Waals surface area (Å²) in [4.78, 5) is 2.43. The molecule has 0 aliphatic carbocycles. The molecular weight excluding hydrogens is 212 g/mol. The molecule has 0 saturated carbocycles. The minimum Gasteiger partial charge on any atom is -0.508 e. The van der Waals surface area contributed by atoms with E-state index in [1.807, 2.05) is 18.2 Å². The molecule has 0 amide bonds. The number of hydrogen-bond donors (Lipinski definition) is 2. The van der Waals surface area contributed by atoms with Crippen molar-refractivity contribution in [2.45, 2.75) is 31.8 Å². The number of benzene rings is 1. The third kappa shape index (κ3) is 3.45. The topological polar surface area (TPSA) is 35.5 Å². The van der Waals surface area contributed by atoms with Gasteiger partial charge in [0.25, 0.3) is 0 Å². The smallest absolute Gasteiger partial charge is 0.120 e. The summed E-state index contributed by atoms with van der Waals surface area (Å²) in [6.07, 6.45) is 3.95. The van der Waals surface area contributed by atoms with E-state index in [2.05, 4.69) is 17.3 Å². The Hall–Kier alpha value is -1.06. The van der Waals surface area contributed by atoms with E-state index in [1.54, 1.807) is 6.07 Å². The van der Waals surface area contributed by atoms with Crippen LogP contribution in [0.3, 0.4) is 0 Å². The molecule has 1 fully saturated rings. The van der Waals surface area contributed by atoms with Crippen LogP contribution in [0.5, 0.6) is 5.75 Å². The Kier molecular flexibility index (Phi) is 4.40. The van der Waals surface area contributed by atoms with Gasteiger partial charge >= 0.3 is 0 Å². The fourth-order valence-electron chi connectivity index (χ4n) is 2.44. The molecule has 3 heteroatoms. The van der Waals surface area contributed by atoms with Crippen molar-refractivity contribution < 1.29 is 5.11 Å². The summed E-state index contributed by atoms with van der Waals surface area (Å²) in [5, 5.41) is 13.1. The zero-order valence-corrected chi connectivity index (χ0v) is 10.5. The van der Waals surface area contributed by atoms with Gasteiger partial charge in [0, 0.05) is 24.7 Å². The van der Waals surface area contributed by atoms with Crippen molar-refractivity contribution in [1.82, 2.24) is 10.2 Å². The number of nitrogens with zero attached hydrogens (tertiary/aromatic N) is 1. The molecule has 94 valence electrons. The first-order valence-corrected chi connectivity index (χ1v) is 6.45. The third-order valence-corrected chi connectivity index (χ3v) is 3.61. The van der Waals surface area contributed by atoms with E-state index in [0.29, 0.717) is 11.8 Å². The third-order valence-electron chi connectivity index (χ3n) is 3.61. The predicted molar refractivity (Wildman–Crippen MR) is 70.1 cm³/mol. The van der Waals surface area contributed by atoms with E-state index in [9.17, 15) is 5.11 Å². The van der Waals surface area contributed by atoms with Crippen LogP contribution in [0.1, 0.15) is 24.8 Å². The molecular formula is C14H22N2O. The van der Waals surface area contributed by atoms with E-state index in [1.165, 1.54) is 25.8 Å². The van der Waals surface area contributed by atoms with E-state index in [4.69, 9.17) is 0 Å². The zero-order valence-electron chi connectivity index (χ0n) is 10.5. The number of piperidine rings is 1. The Labute approximate surface area is 103 Å². The molecule has 0 spiro atoms. The van der Waals surface area contributed by atoms with Crippen LogP contribution in [0.2, 0.25) is 0 Å². The van der Waals surface area contributed by atoms with Gasteiger partial charge in [0.15, 0.2) is 0 Å². The maximum absolute atomic E-state index is 9.65. The fourth-order valence-corrected chi connectivity index (χ4v) is 2.44. The molecule has 1 aromatic carbocycles. The highest BCUT2D eigenvalue weighted by molar-refractivity contribution is 5.31. The van der Waals surface area contributed by atoms with Crippen molar-refractivity contribution in [2.24, 2.45) is 0 Å². The molecule has 3 nitrogen and oxygen atoms in total. The Morgan fingerprint density at radius 2 is 2.18 bits per heavy atom. The molecule has 0 bridgehead atoms. The van der Waals surface area contributed by atoms with Gasteiger partial charge in [0.1, 0.15) is 5.75 Å². The normalized spacial score (nSPS) is 21.6. The number of phenolic OH excluding ortho intramolecular Hbond substituents is 1. The molecule has 1 aliphatic heterocycles. The number of phenols is 1. The number of likely N-dealkylation sites (tertiary alicyclic amines) is 1. The van der Waals surface area contributed by atoms with Crippen LogP contribution >= 0.6 is 0 Å². The zero-order chi connectivity index (χ0) is 12.1. The number of para-hydroxylation sites is 1. The molecule has 1 saturated heterocycles. The second-order valence-electron chi connectivity index (χ2n) is 4.89. The molecule has 0 radical (unpaired) electrons. The van der Waals surface area contributed by atoms with Crippen LogP contribution in [0.15, 0.2) is 24.3 Å². The summed E-state index contributed by atoms with van der Waals surface area (Å²) in [6, 6.07) is 8.17. The Morgan fingerprint density at radius 1 is 1.35 bits per heavy atom. The Bertz CT molecular complexity index is 354. The number of nitrogens with one attached hydrogen (secondary N) is 1. The van der Waals surface area contributed by atoms with Gasteiger partial charge in [-0.15, -0.1) is 0 Å². The molecule has 17 heavy (non-hydrogen) atoms. The van der Waals surface area contributed by atoms with Gasteiger partial charge in [-0.2, -0.15) is 0 Å². The number of rotatable bonds is 4. The number of hydrogen-bond acceptors (Lipinski definition) is 3. The number of aromatic hydroxyl groups is 1.